The van der Waals surface area contributed by atoms with Gasteiger partial charge in [-0.3, -0.25) is 0 Å². The van der Waals surface area contributed by atoms with Crippen LogP contribution in [0.5, 0.6) is 0 Å². The van der Waals surface area contributed by atoms with Gasteiger partial charge in [0.25, 0.3) is 0 Å². The molecule has 0 saturated carbocycles. The fraction of sp³-hybridized carbons (Fsp3) is 0.500. The maximum absolute atomic E-state index is 5.82. The molecule has 3 rings (SSSR count). The molecule has 16 heavy (non-hydrogen) atoms. The summed E-state index contributed by atoms with van der Waals surface area (Å²) in [6, 6.07) is 0. The van der Waals surface area contributed by atoms with E-state index < -0.39 is 0 Å². The Balaban J connectivity index is 1.93. The summed E-state index contributed by atoms with van der Waals surface area (Å²) in [7, 11) is 0. The van der Waals surface area contributed by atoms with E-state index in [1.165, 1.54) is 6.20 Å². The molecule has 0 aromatic carbocycles. The number of nitrogens with zero attached hydrogens (tertiary/aromatic N) is 4. The summed E-state index contributed by atoms with van der Waals surface area (Å²) in [4.78, 5) is 8.38. The fourth-order valence-corrected chi connectivity index (χ4v) is 2.07. The Morgan fingerprint density at radius 1 is 1.50 bits per heavy atom. The first kappa shape index (κ1) is 9.99. The van der Waals surface area contributed by atoms with Crippen molar-refractivity contribution in [3.63, 3.8) is 0 Å². The number of rotatable bonds is 2. The molecule has 1 aliphatic rings. The van der Waals surface area contributed by atoms with E-state index >= 15 is 0 Å². The van der Waals surface area contributed by atoms with Crippen molar-refractivity contribution in [2.75, 3.05) is 6.61 Å². The molecular weight excluding hydrogens is 228 g/mol. The van der Waals surface area contributed by atoms with E-state index in [9.17, 15) is 0 Å². The van der Waals surface area contributed by atoms with E-state index in [-0.39, 0.29) is 6.10 Å². The van der Waals surface area contributed by atoms with Crippen LogP contribution in [0.2, 0.25) is 5.15 Å². The summed E-state index contributed by atoms with van der Waals surface area (Å²) >= 11 is 5.82. The van der Waals surface area contributed by atoms with Crippen LogP contribution in [0.3, 0.4) is 0 Å². The maximum Gasteiger partial charge on any atom is 0.178 e. The highest BCUT2D eigenvalue weighted by Crippen LogP contribution is 2.17. The highest BCUT2D eigenvalue weighted by Gasteiger charge is 2.18. The molecule has 0 aliphatic carbocycles. The van der Waals surface area contributed by atoms with Gasteiger partial charge in [-0.1, -0.05) is 11.6 Å². The average Bonchev–Trinajstić information content (AvgIpc) is 2.90. The van der Waals surface area contributed by atoms with Gasteiger partial charge in [0.05, 0.1) is 25.0 Å². The van der Waals surface area contributed by atoms with Crippen LogP contribution in [0.15, 0.2) is 12.4 Å². The van der Waals surface area contributed by atoms with Crippen molar-refractivity contribution in [2.45, 2.75) is 25.5 Å². The number of halogens is 1. The van der Waals surface area contributed by atoms with Crippen LogP contribution in [0.1, 0.15) is 12.8 Å². The average molecular weight is 239 g/mol. The van der Waals surface area contributed by atoms with Gasteiger partial charge >= 0.3 is 0 Å². The van der Waals surface area contributed by atoms with Gasteiger partial charge in [-0.25, -0.2) is 14.6 Å². The molecule has 2 aromatic rings. The number of hydrogen-bond donors (Lipinski definition) is 0. The van der Waals surface area contributed by atoms with Gasteiger partial charge in [-0.15, -0.1) is 0 Å². The second kappa shape index (κ2) is 3.99. The Labute approximate surface area is 97.4 Å². The minimum absolute atomic E-state index is 0.240. The third-order valence-electron chi connectivity index (χ3n) is 2.72. The van der Waals surface area contributed by atoms with Crippen LogP contribution in [0, 0.1) is 0 Å². The van der Waals surface area contributed by atoms with Crippen LogP contribution in [0.25, 0.3) is 11.2 Å². The van der Waals surface area contributed by atoms with Crippen LogP contribution >= 0.6 is 11.6 Å². The molecule has 0 radical (unpaired) electrons. The molecule has 84 valence electrons. The zero-order chi connectivity index (χ0) is 11.0. The predicted octanol–water partition coefficient (Wildman–Crippen LogP) is 1.66. The normalized spacial score (nSPS) is 20.7. The molecular formula is C10H11ClN4O. The predicted molar refractivity (Wildman–Crippen MR) is 59.3 cm³/mol. The summed E-state index contributed by atoms with van der Waals surface area (Å²) < 4.78 is 7.37. The topological polar surface area (TPSA) is 52.8 Å². The van der Waals surface area contributed by atoms with Gasteiger partial charge in [0.1, 0.15) is 10.7 Å². The Morgan fingerprint density at radius 2 is 2.44 bits per heavy atom. The molecule has 0 amide bonds. The molecule has 2 aromatic heterocycles. The Bertz CT molecular complexity index is 506. The molecule has 1 atom stereocenters. The monoisotopic (exact) mass is 238 g/mol. The van der Waals surface area contributed by atoms with Gasteiger partial charge in [0.2, 0.25) is 0 Å². The van der Waals surface area contributed by atoms with Crippen molar-refractivity contribution in [1.29, 1.82) is 0 Å². The second-order valence-electron chi connectivity index (χ2n) is 3.86. The van der Waals surface area contributed by atoms with E-state index in [4.69, 9.17) is 16.3 Å². The van der Waals surface area contributed by atoms with Gasteiger partial charge in [-0.2, -0.15) is 5.10 Å². The molecule has 0 unspecified atom stereocenters. The van der Waals surface area contributed by atoms with Gasteiger partial charge in [-0.05, 0) is 12.8 Å². The lowest BCUT2D eigenvalue weighted by Gasteiger charge is -2.09. The Kier molecular flexibility index (Phi) is 2.49. The number of fused-ring (bicyclic) bond motifs is 1. The van der Waals surface area contributed by atoms with Crippen molar-refractivity contribution in [3.05, 3.63) is 17.5 Å². The molecule has 0 spiro atoms. The quantitative estimate of drug-likeness (QED) is 0.799. The largest absolute Gasteiger partial charge is 0.376 e. The first-order valence-electron chi connectivity index (χ1n) is 5.28. The highest BCUT2D eigenvalue weighted by molar-refractivity contribution is 6.29. The standard InChI is InChI=1S/C10H11ClN4O/c11-9-5-12-8-4-13-15(10(8)14-9)6-7-2-1-3-16-7/h4-5,7H,1-3,6H2/t7-/m1/s1. The third kappa shape index (κ3) is 1.76. The Morgan fingerprint density at radius 3 is 3.25 bits per heavy atom. The van der Waals surface area contributed by atoms with Crippen molar-refractivity contribution in [2.24, 2.45) is 0 Å². The van der Waals surface area contributed by atoms with Crippen molar-refractivity contribution in [1.82, 2.24) is 19.7 Å². The summed E-state index contributed by atoms with van der Waals surface area (Å²) in [5, 5.41) is 4.64. The van der Waals surface area contributed by atoms with E-state index in [1.54, 1.807) is 6.20 Å². The van der Waals surface area contributed by atoms with E-state index in [0.29, 0.717) is 5.15 Å². The summed E-state index contributed by atoms with van der Waals surface area (Å²) in [6.07, 6.45) is 5.67. The lowest BCUT2D eigenvalue weighted by molar-refractivity contribution is 0.0949. The lowest BCUT2D eigenvalue weighted by atomic mass is 10.2. The summed E-state index contributed by atoms with van der Waals surface area (Å²) in [6.45, 7) is 1.56. The minimum Gasteiger partial charge on any atom is -0.376 e. The van der Waals surface area contributed by atoms with Crippen molar-refractivity contribution < 1.29 is 4.74 Å². The van der Waals surface area contributed by atoms with Crippen LogP contribution in [-0.2, 0) is 11.3 Å². The lowest BCUT2D eigenvalue weighted by Crippen LogP contribution is -2.16. The van der Waals surface area contributed by atoms with Crippen LogP contribution in [0.4, 0.5) is 0 Å². The molecule has 6 heteroatoms. The maximum atomic E-state index is 5.82. The van der Waals surface area contributed by atoms with Crippen LogP contribution < -0.4 is 0 Å². The van der Waals surface area contributed by atoms with E-state index in [2.05, 4.69) is 15.1 Å². The minimum atomic E-state index is 0.240. The van der Waals surface area contributed by atoms with Crippen molar-refractivity contribution >= 4 is 22.8 Å². The molecule has 0 N–H and O–H groups in total. The summed E-state index contributed by atoms with van der Waals surface area (Å²) in [5.41, 5.74) is 1.49. The van der Waals surface area contributed by atoms with E-state index in [0.717, 1.165) is 37.2 Å². The number of hydrogen-bond acceptors (Lipinski definition) is 4. The molecule has 3 heterocycles. The number of aromatic nitrogens is 4. The third-order valence-corrected chi connectivity index (χ3v) is 2.90. The molecule has 0 bridgehead atoms. The zero-order valence-corrected chi connectivity index (χ0v) is 9.39. The van der Waals surface area contributed by atoms with E-state index in [1.807, 2.05) is 4.68 Å². The smallest absolute Gasteiger partial charge is 0.178 e. The van der Waals surface area contributed by atoms with Gasteiger partial charge in [0.15, 0.2) is 5.65 Å². The fourth-order valence-electron chi connectivity index (χ4n) is 1.94. The van der Waals surface area contributed by atoms with Gasteiger partial charge < -0.3 is 4.74 Å². The molecule has 1 saturated heterocycles. The van der Waals surface area contributed by atoms with Crippen molar-refractivity contribution in [3.8, 4) is 0 Å². The first-order valence-corrected chi connectivity index (χ1v) is 5.66. The molecule has 1 fully saturated rings. The SMILES string of the molecule is Clc1cnc2cnn(C[C@H]3CCCO3)c2n1. The second-order valence-corrected chi connectivity index (χ2v) is 4.25. The molecule has 5 nitrogen and oxygen atoms in total. The Hall–Kier alpha value is -1.20. The summed E-state index contributed by atoms with van der Waals surface area (Å²) in [5.74, 6) is 0. The van der Waals surface area contributed by atoms with Gasteiger partial charge in [0, 0.05) is 6.61 Å². The zero-order valence-electron chi connectivity index (χ0n) is 8.64. The first-order chi connectivity index (χ1) is 7.83. The molecule has 1 aliphatic heterocycles. The number of ether oxygens (including phenoxy) is 1. The highest BCUT2D eigenvalue weighted by atomic mass is 35.5. The van der Waals surface area contributed by atoms with Crippen LogP contribution in [-0.4, -0.2) is 32.5 Å².